The molecule has 4 nitrogen and oxygen atoms in total. The van der Waals surface area contributed by atoms with Crippen LogP contribution in [0.3, 0.4) is 0 Å². The van der Waals surface area contributed by atoms with Gasteiger partial charge in [0.2, 0.25) is 0 Å². The first-order valence-electron chi connectivity index (χ1n) is 8.35. The lowest BCUT2D eigenvalue weighted by Crippen LogP contribution is -2.52. The van der Waals surface area contributed by atoms with E-state index in [4.69, 9.17) is 4.74 Å². The second-order valence-electron chi connectivity index (χ2n) is 6.10. The van der Waals surface area contributed by atoms with Gasteiger partial charge in [0.15, 0.2) is 17.7 Å². The normalized spacial score (nSPS) is 15.7. The number of piperazine rings is 1. The predicted molar refractivity (Wildman–Crippen MR) is 91.6 cm³/mol. The molecule has 1 heterocycles. The Morgan fingerprint density at radius 1 is 1.00 bits per heavy atom. The Kier molecular flexibility index (Phi) is 5.35. The number of benzene rings is 2. The lowest BCUT2D eigenvalue weighted by Gasteiger charge is -2.37. The molecule has 1 atom stereocenters. The van der Waals surface area contributed by atoms with Crippen molar-refractivity contribution in [2.45, 2.75) is 13.0 Å². The maximum absolute atomic E-state index is 13.9. The molecule has 0 bridgehead atoms. The van der Waals surface area contributed by atoms with Gasteiger partial charge in [0, 0.05) is 32.2 Å². The first kappa shape index (κ1) is 18.1. The quantitative estimate of drug-likeness (QED) is 0.835. The maximum atomic E-state index is 13.9. The van der Waals surface area contributed by atoms with Crippen molar-refractivity contribution in [1.82, 2.24) is 4.90 Å². The molecule has 1 fully saturated rings. The summed E-state index contributed by atoms with van der Waals surface area (Å²) in [6.45, 7) is 3.32. The first-order chi connectivity index (χ1) is 12.5. The van der Waals surface area contributed by atoms with E-state index >= 15 is 0 Å². The highest BCUT2D eigenvalue weighted by Crippen LogP contribution is 2.22. The van der Waals surface area contributed by atoms with Crippen molar-refractivity contribution < 1.29 is 22.7 Å². The Labute approximate surface area is 149 Å². The van der Waals surface area contributed by atoms with Crippen molar-refractivity contribution in [2.75, 3.05) is 31.1 Å². The molecule has 0 spiro atoms. The van der Waals surface area contributed by atoms with Gasteiger partial charge < -0.3 is 14.5 Å². The number of hydrogen-bond acceptors (Lipinski definition) is 3. The Bertz CT molecular complexity index is 792. The molecular weight excluding hydrogens is 345 g/mol. The standard InChI is InChI=1S/C19H19F3N2O2/c1-13(26-18-7-6-14(20)12-16(18)22)19(25)24-10-8-23(9-11-24)17-5-3-2-4-15(17)21/h2-7,12-13H,8-11H2,1H3. The smallest absolute Gasteiger partial charge is 0.263 e. The van der Waals surface area contributed by atoms with Crippen LogP contribution in [0.25, 0.3) is 0 Å². The highest BCUT2D eigenvalue weighted by Gasteiger charge is 2.27. The number of carbonyl (C=O) groups is 1. The van der Waals surface area contributed by atoms with Crippen LogP contribution in [0.15, 0.2) is 42.5 Å². The monoisotopic (exact) mass is 364 g/mol. The third-order valence-electron chi connectivity index (χ3n) is 4.33. The summed E-state index contributed by atoms with van der Waals surface area (Å²) in [6, 6.07) is 9.44. The number of nitrogens with zero attached hydrogens (tertiary/aromatic N) is 2. The zero-order valence-corrected chi connectivity index (χ0v) is 14.3. The van der Waals surface area contributed by atoms with E-state index < -0.39 is 17.7 Å². The Balaban J connectivity index is 1.58. The molecule has 0 radical (unpaired) electrons. The van der Waals surface area contributed by atoms with Gasteiger partial charge in [0.1, 0.15) is 11.6 Å². The molecule has 3 rings (SSSR count). The van der Waals surface area contributed by atoms with Crippen LogP contribution >= 0.6 is 0 Å². The first-order valence-corrected chi connectivity index (χ1v) is 8.35. The van der Waals surface area contributed by atoms with Crippen molar-refractivity contribution in [3.8, 4) is 5.75 Å². The molecule has 2 aromatic rings. The topological polar surface area (TPSA) is 32.8 Å². The average molecular weight is 364 g/mol. The van der Waals surface area contributed by atoms with Crippen molar-refractivity contribution in [3.63, 3.8) is 0 Å². The molecule has 1 aliphatic heterocycles. The third-order valence-corrected chi connectivity index (χ3v) is 4.33. The zero-order chi connectivity index (χ0) is 18.7. The minimum atomic E-state index is -0.907. The summed E-state index contributed by atoms with van der Waals surface area (Å²) in [5.74, 6) is -2.32. The number of ether oxygens (including phenoxy) is 1. The summed E-state index contributed by atoms with van der Waals surface area (Å²) in [7, 11) is 0. The molecule has 0 N–H and O–H groups in total. The zero-order valence-electron chi connectivity index (χ0n) is 14.3. The van der Waals surface area contributed by atoms with Crippen LogP contribution in [0, 0.1) is 17.5 Å². The van der Waals surface area contributed by atoms with Gasteiger partial charge in [0.05, 0.1) is 5.69 Å². The second kappa shape index (κ2) is 7.68. The fraction of sp³-hybridized carbons (Fsp3) is 0.316. The highest BCUT2D eigenvalue weighted by molar-refractivity contribution is 5.81. The van der Waals surface area contributed by atoms with E-state index in [2.05, 4.69) is 0 Å². The SMILES string of the molecule is CC(Oc1ccc(F)cc1F)C(=O)N1CCN(c2ccccc2F)CC1. The van der Waals surface area contributed by atoms with Crippen LogP contribution < -0.4 is 9.64 Å². The Morgan fingerprint density at radius 3 is 2.35 bits per heavy atom. The lowest BCUT2D eigenvalue weighted by molar-refractivity contribution is -0.138. The minimum Gasteiger partial charge on any atom is -0.478 e. The summed E-state index contributed by atoms with van der Waals surface area (Å²) in [5.41, 5.74) is 0.511. The number of rotatable bonds is 4. The van der Waals surface area contributed by atoms with Crippen LogP contribution in [0.1, 0.15) is 6.92 Å². The van der Waals surface area contributed by atoms with Crippen LogP contribution in [0.5, 0.6) is 5.75 Å². The number of carbonyl (C=O) groups excluding carboxylic acids is 1. The summed E-state index contributed by atoms with van der Waals surface area (Å²) in [5, 5.41) is 0. The predicted octanol–water partition coefficient (Wildman–Crippen LogP) is 3.22. The van der Waals surface area contributed by atoms with Crippen LogP contribution in [0.4, 0.5) is 18.9 Å². The fourth-order valence-electron chi connectivity index (χ4n) is 2.94. The maximum Gasteiger partial charge on any atom is 0.263 e. The van der Waals surface area contributed by atoms with Gasteiger partial charge in [0.25, 0.3) is 5.91 Å². The van der Waals surface area contributed by atoms with Gasteiger partial charge in [-0.25, -0.2) is 13.2 Å². The van der Waals surface area contributed by atoms with Crippen LogP contribution in [-0.4, -0.2) is 43.1 Å². The van der Waals surface area contributed by atoms with Gasteiger partial charge in [-0.2, -0.15) is 0 Å². The van der Waals surface area contributed by atoms with Crippen LogP contribution in [0.2, 0.25) is 0 Å². The molecule has 1 unspecified atom stereocenters. The molecule has 1 amide bonds. The summed E-state index contributed by atoms with van der Waals surface area (Å²) in [6.07, 6.45) is -0.907. The van der Waals surface area contributed by atoms with Crippen molar-refractivity contribution in [2.24, 2.45) is 0 Å². The highest BCUT2D eigenvalue weighted by atomic mass is 19.1. The average Bonchev–Trinajstić information content (AvgIpc) is 2.64. The number of halogens is 3. The molecule has 2 aromatic carbocycles. The number of amides is 1. The summed E-state index contributed by atoms with van der Waals surface area (Å²) < 4.78 is 45.8. The van der Waals surface area contributed by atoms with E-state index in [1.807, 2.05) is 4.90 Å². The van der Waals surface area contributed by atoms with Gasteiger partial charge in [-0.15, -0.1) is 0 Å². The third kappa shape index (κ3) is 3.92. The second-order valence-corrected chi connectivity index (χ2v) is 6.10. The Hall–Kier alpha value is -2.70. The van der Waals surface area contributed by atoms with Crippen molar-refractivity contribution >= 4 is 11.6 Å². The molecule has 26 heavy (non-hydrogen) atoms. The van der Waals surface area contributed by atoms with E-state index in [0.717, 1.165) is 12.1 Å². The van der Waals surface area contributed by atoms with E-state index in [1.165, 1.54) is 13.0 Å². The number of para-hydroxylation sites is 1. The summed E-state index contributed by atoms with van der Waals surface area (Å²) in [4.78, 5) is 16.0. The number of hydrogen-bond donors (Lipinski definition) is 0. The van der Waals surface area contributed by atoms with Gasteiger partial charge >= 0.3 is 0 Å². The van der Waals surface area contributed by atoms with Crippen molar-refractivity contribution in [1.29, 1.82) is 0 Å². The van der Waals surface area contributed by atoms with Crippen molar-refractivity contribution in [3.05, 3.63) is 59.9 Å². The molecule has 138 valence electrons. The largest absolute Gasteiger partial charge is 0.478 e. The van der Waals surface area contributed by atoms with Gasteiger partial charge in [-0.1, -0.05) is 12.1 Å². The van der Waals surface area contributed by atoms with E-state index in [-0.39, 0.29) is 17.5 Å². The molecule has 0 aromatic heterocycles. The molecule has 1 saturated heterocycles. The molecular formula is C19H19F3N2O2. The molecule has 7 heteroatoms. The van der Waals surface area contributed by atoms with E-state index in [9.17, 15) is 18.0 Å². The molecule has 0 saturated carbocycles. The van der Waals surface area contributed by atoms with Gasteiger partial charge in [-0.3, -0.25) is 4.79 Å². The van der Waals surface area contributed by atoms with Gasteiger partial charge in [-0.05, 0) is 31.2 Å². The van der Waals surface area contributed by atoms with Crippen LogP contribution in [-0.2, 0) is 4.79 Å². The van der Waals surface area contributed by atoms with E-state index in [0.29, 0.717) is 37.9 Å². The van der Waals surface area contributed by atoms with E-state index in [1.54, 1.807) is 23.1 Å². The minimum absolute atomic E-state index is 0.169. The number of anilines is 1. The molecule has 1 aliphatic rings. The molecule has 0 aliphatic carbocycles. The Morgan fingerprint density at radius 2 is 1.69 bits per heavy atom. The summed E-state index contributed by atoms with van der Waals surface area (Å²) >= 11 is 0. The lowest BCUT2D eigenvalue weighted by atomic mass is 10.2. The fourth-order valence-corrected chi connectivity index (χ4v) is 2.94.